The summed E-state index contributed by atoms with van der Waals surface area (Å²) in [4.78, 5) is 11.4. The highest BCUT2D eigenvalue weighted by Gasteiger charge is 2.00. The third kappa shape index (κ3) is 6.07. The molecule has 4 nitrogen and oxygen atoms in total. The van der Waals surface area contributed by atoms with Gasteiger partial charge in [0, 0.05) is 34.8 Å². The summed E-state index contributed by atoms with van der Waals surface area (Å²) in [6.07, 6.45) is 1.90. The number of thiazole rings is 1. The number of thioether (sulfide) groups is 1. The number of aryl methyl sites for hydroxylation is 1. The molecule has 0 atom stereocenters. The van der Waals surface area contributed by atoms with Crippen LogP contribution in [0.5, 0.6) is 0 Å². The van der Waals surface area contributed by atoms with Gasteiger partial charge < -0.3 is 10.6 Å². The Hall–Kier alpha value is -1.53. The van der Waals surface area contributed by atoms with Crippen LogP contribution < -0.4 is 10.6 Å². The van der Waals surface area contributed by atoms with Gasteiger partial charge in [0.05, 0.1) is 6.54 Å². The normalized spacial score (nSPS) is 11.5. The van der Waals surface area contributed by atoms with Gasteiger partial charge in [0.2, 0.25) is 0 Å². The van der Waals surface area contributed by atoms with Gasteiger partial charge in [-0.25, -0.2) is 9.98 Å². The Labute approximate surface area is 140 Å². The van der Waals surface area contributed by atoms with Crippen LogP contribution in [0.2, 0.25) is 0 Å². The predicted molar refractivity (Wildman–Crippen MR) is 96.8 cm³/mol. The van der Waals surface area contributed by atoms with Crippen molar-refractivity contribution in [2.75, 3.05) is 18.8 Å². The SMILES string of the molecule is CCNC(=NCc1ncc(C)s1)NCCSc1ccccc1. The van der Waals surface area contributed by atoms with E-state index in [4.69, 9.17) is 0 Å². The second kappa shape index (κ2) is 9.48. The maximum atomic E-state index is 4.57. The number of guanidine groups is 1. The monoisotopic (exact) mass is 334 g/mol. The number of rotatable bonds is 7. The van der Waals surface area contributed by atoms with Crippen LogP contribution in [0.15, 0.2) is 46.4 Å². The van der Waals surface area contributed by atoms with E-state index < -0.39 is 0 Å². The first-order valence-electron chi connectivity index (χ1n) is 7.39. The zero-order valence-electron chi connectivity index (χ0n) is 13.0. The fourth-order valence-corrected chi connectivity index (χ4v) is 3.32. The molecule has 2 N–H and O–H groups in total. The number of hydrogen-bond donors (Lipinski definition) is 2. The first-order chi connectivity index (χ1) is 10.8. The molecular weight excluding hydrogens is 312 g/mol. The van der Waals surface area contributed by atoms with Crippen molar-refractivity contribution >= 4 is 29.1 Å². The van der Waals surface area contributed by atoms with E-state index in [1.807, 2.05) is 24.0 Å². The second-order valence-corrected chi connectivity index (χ2v) is 7.14. The minimum absolute atomic E-state index is 0.625. The van der Waals surface area contributed by atoms with Crippen LogP contribution >= 0.6 is 23.1 Å². The number of aliphatic imine (C=N–C) groups is 1. The first-order valence-corrected chi connectivity index (χ1v) is 9.19. The lowest BCUT2D eigenvalue weighted by atomic mass is 10.4. The summed E-state index contributed by atoms with van der Waals surface area (Å²) in [5.41, 5.74) is 0. The van der Waals surface area contributed by atoms with E-state index in [0.29, 0.717) is 6.54 Å². The molecular formula is C16H22N4S2. The quantitative estimate of drug-likeness (QED) is 0.353. The van der Waals surface area contributed by atoms with Crippen molar-refractivity contribution in [2.24, 2.45) is 4.99 Å². The zero-order chi connectivity index (χ0) is 15.6. The van der Waals surface area contributed by atoms with Gasteiger partial charge >= 0.3 is 0 Å². The van der Waals surface area contributed by atoms with Crippen LogP contribution in [0.4, 0.5) is 0 Å². The number of nitrogens with one attached hydrogen (secondary N) is 2. The molecule has 0 amide bonds. The molecule has 0 aliphatic heterocycles. The van der Waals surface area contributed by atoms with Gasteiger partial charge in [0.1, 0.15) is 5.01 Å². The number of nitrogens with zero attached hydrogens (tertiary/aromatic N) is 2. The zero-order valence-corrected chi connectivity index (χ0v) is 14.6. The highest BCUT2D eigenvalue weighted by atomic mass is 32.2. The van der Waals surface area contributed by atoms with E-state index in [1.54, 1.807) is 11.3 Å². The maximum Gasteiger partial charge on any atom is 0.191 e. The number of benzene rings is 1. The summed E-state index contributed by atoms with van der Waals surface area (Å²) >= 11 is 3.54. The third-order valence-corrected chi connectivity index (χ3v) is 4.70. The Balaban J connectivity index is 1.76. The molecule has 0 aliphatic carbocycles. The number of hydrogen-bond acceptors (Lipinski definition) is 4. The summed E-state index contributed by atoms with van der Waals surface area (Å²) in [7, 11) is 0. The molecule has 1 heterocycles. The van der Waals surface area contributed by atoms with Crippen molar-refractivity contribution in [1.29, 1.82) is 0 Å². The van der Waals surface area contributed by atoms with Gasteiger partial charge in [-0.15, -0.1) is 23.1 Å². The average molecular weight is 335 g/mol. The molecule has 0 bridgehead atoms. The predicted octanol–water partition coefficient (Wildman–Crippen LogP) is 3.30. The van der Waals surface area contributed by atoms with Crippen LogP contribution in [0.3, 0.4) is 0 Å². The lowest BCUT2D eigenvalue weighted by Gasteiger charge is -2.10. The van der Waals surface area contributed by atoms with Crippen LogP contribution in [0, 0.1) is 6.92 Å². The second-order valence-electron chi connectivity index (χ2n) is 4.65. The lowest BCUT2D eigenvalue weighted by Crippen LogP contribution is -2.38. The molecule has 0 aliphatic rings. The lowest BCUT2D eigenvalue weighted by molar-refractivity contribution is 0.841. The van der Waals surface area contributed by atoms with Crippen molar-refractivity contribution in [3.63, 3.8) is 0 Å². The van der Waals surface area contributed by atoms with Gasteiger partial charge in [0.25, 0.3) is 0 Å². The van der Waals surface area contributed by atoms with E-state index in [2.05, 4.69) is 58.7 Å². The summed E-state index contributed by atoms with van der Waals surface area (Å²) in [6.45, 7) is 6.50. The van der Waals surface area contributed by atoms with Crippen molar-refractivity contribution < 1.29 is 0 Å². The van der Waals surface area contributed by atoms with E-state index in [0.717, 1.165) is 29.8 Å². The summed E-state index contributed by atoms with van der Waals surface area (Å²) in [5, 5.41) is 7.68. The minimum atomic E-state index is 0.625. The average Bonchev–Trinajstić information content (AvgIpc) is 2.95. The van der Waals surface area contributed by atoms with E-state index >= 15 is 0 Å². The molecule has 0 spiro atoms. The van der Waals surface area contributed by atoms with Crippen LogP contribution in [-0.4, -0.2) is 29.8 Å². The molecule has 2 aromatic rings. The first kappa shape index (κ1) is 16.8. The summed E-state index contributed by atoms with van der Waals surface area (Å²) in [6, 6.07) is 10.4. The largest absolute Gasteiger partial charge is 0.357 e. The van der Waals surface area contributed by atoms with E-state index in [1.165, 1.54) is 9.77 Å². The van der Waals surface area contributed by atoms with Gasteiger partial charge in [-0.05, 0) is 26.0 Å². The molecule has 118 valence electrons. The highest BCUT2D eigenvalue weighted by Crippen LogP contribution is 2.15. The molecule has 0 saturated heterocycles. The summed E-state index contributed by atoms with van der Waals surface area (Å²) in [5.74, 6) is 1.86. The Morgan fingerprint density at radius 2 is 2.09 bits per heavy atom. The van der Waals surface area contributed by atoms with Gasteiger partial charge in [-0.3, -0.25) is 0 Å². The standard InChI is InChI=1S/C16H22N4S2/c1-3-17-16(20-12-15-19-11-13(2)22-15)18-9-10-21-14-7-5-4-6-8-14/h4-8,11H,3,9-10,12H2,1-2H3,(H2,17,18,20). The number of aromatic nitrogens is 1. The third-order valence-electron chi connectivity index (χ3n) is 2.79. The molecule has 1 aromatic carbocycles. The van der Waals surface area contributed by atoms with Crippen molar-refractivity contribution in [2.45, 2.75) is 25.3 Å². The van der Waals surface area contributed by atoms with Crippen molar-refractivity contribution in [1.82, 2.24) is 15.6 Å². The van der Waals surface area contributed by atoms with Crippen LogP contribution in [-0.2, 0) is 6.54 Å². The molecule has 0 unspecified atom stereocenters. The molecule has 0 saturated carbocycles. The molecule has 6 heteroatoms. The van der Waals surface area contributed by atoms with Gasteiger partial charge in [0.15, 0.2) is 5.96 Å². The van der Waals surface area contributed by atoms with E-state index in [9.17, 15) is 0 Å². The van der Waals surface area contributed by atoms with Crippen molar-refractivity contribution in [3.05, 3.63) is 46.4 Å². The molecule has 1 aromatic heterocycles. The Bertz CT molecular complexity index is 581. The maximum absolute atomic E-state index is 4.57. The van der Waals surface area contributed by atoms with Gasteiger partial charge in [-0.1, -0.05) is 18.2 Å². The summed E-state index contributed by atoms with van der Waals surface area (Å²) < 4.78 is 0. The Morgan fingerprint density at radius 3 is 2.77 bits per heavy atom. The fourth-order valence-electron chi connectivity index (χ4n) is 1.82. The molecule has 2 rings (SSSR count). The molecule has 0 fully saturated rings. The van der Waals surface area contributed by atoms with Crippen LogP contribution in [0.25, 0.3) is 0 Å². The highest BCUT2D eigenvalue weighted by molar-refractivity contribution is 7.99. The molecule has 0 radical (unpaired) electrons. The molecule has 22 heavy (non-hydrogen) atoms. The topological polar surface area (TPSA) is 49.3 Å². The fraction of sp³-hybridized carbons (Fsp3) is 0.375. The van der Waals surface area contributed by atoms with Gasteiger partial charge in [-0.2, -0.15) is 0 Å². The minimum Gasteiger partial charge on any atom is -0.357 e. The Kier molecular flexibility index (Phi) is 7.25. The smallest absolute Gasteiger partial charge is 0.191 e. The Morgan fingerprint density at radius 1 is 1.27 bits per heavy atom. The van der Waals surface area contributed by atoms with Crippen molar-refractivity contribution in [3.8, 4) is 0 Å². The van der Waals surface area contributed by atoms with E-state index in [-0.39, 0.29) is 0 Å². The van der Waals surface area contributed by atoms with Crippen LogP contribution in [0.1, 0.15) is 16.8 Å².